The molecule has 2 unspecified atom stereocenters. The first-order valence-electron chi connectivity index (χ1n) is 6.13. The summed E-state index contributed by atoms with van der Waals surface area (Å²) in [4.78, 5) is 0. The Labute approximate surface area is 94.1 Å². The highest BCUT2D eigenvalue weighted by Crippen LogP contribution is 2.35. The highest BCUT2D eigenvalue weighted by atomic mass is 15.0. The van der Waals surface area contributed by atoms with Gasteiger partial charge in [-0.2, -0.15) is 5.26 Å². The fourth-order valence-corrected chi connectivity index (χ4v) is 2.80. The van der Waals surface area contributed by atoms with Gasteiger partial charge in [-0.25, -0.2) is 0 Å². The van der Waals surface area contributed by atoms with Crippen molar-refractivity contribution in [2.75, 3.05) is 6.54 Å². The van der Waals surface area contributed by atoms with Crippen LogP contribution in [0.25, 0.3) is 0 Å². The Morgan fingerprint density at radius 3 is 2.27 bits per heavy atom. The van der Waals surface area contributed by atoms with Gasteiger partial charge in [0, 0.05) is 0 Å². The molecule has 1 aliphatic carbocycles. The van der Waals surface area contributed by atoms with E-state index in [0.29, 0.717) is 17.8 Å². The Balaban J connectivity index is 2.63. The van der Waals surface area contributed by atoms with Gasteiger partial charge in [-0.3, -0.25) is 5.32 Å². The summed E-state index contributed by atoms with van der Waals surface area (Å²) in [7, 11) is 0. The van der Waals surface area contributed by atoms with Crippen molar-refractivity contribution < 1.29 is 0 Å². The maximum absolute atomic E-state index is 9.38. The summed E-state index contributed by atoms with van der Waals surface area (Å²) in [5, 5.41) is 12.9. The molecule has 0 aliphatic heterocycles. The summed E-state index contributed by atoms with van der Waals surface area (Å²) in [5.74, 6) is 1.96. The first kappa shape index (κ1) is 12.5. The summed E-state index contributed by atoms with van der Waals surface area (Å²) in [6.45, 7) is 9.85. The third kappa shape index (κ3) is 3.50. The minimum absolute atomic E-state index is 0.249. The number of hydrogen-bond acceptors (Lipinski definition) is 2. The van der Waals surface area contributed by atoms with E-state index in [9.17, 15) is 5.26 Å². The minimum Gasteiger partial charge on any atom is -0.299 e. The summed E-state index contributed by atoms with van der Waals surface area (Å²) in [6.07, 6.45) is 3.30. The lowest BCUT2D eigenvalue weighted by Gasteiger charge is -2.39. The van der Waals surface area contributed by atoms with Gasteiger partial charge in [-0.05, 0) is 43.6 Å². The van der Waals surface area contributed by atoms with Crippen molar-refractivity contribution in [3.8, 4) is 6.07 Å². The van der Waals surface area contributed by atoms with E-state index >= 15 is 0 Å². The molecule has 0 bridgehead atoms. The molecule has 15 heavy (non-hydrogen) atoms. The van der Waals surface area contributed by atoms with Crippen molar-refractivity contribution in [1.29, 1.82) is 5.26 Å². The molecule has 0 aromatic rings. The van der Waals surface area contributed by atoms with Crippen LogP contribution in [0.1, 0.15) is 47.0 Å². The minimum atomic E-state index is -0.249. The molecule has 1 fully saturated rings. The molecule has 2 nitrogen and oxygen atoms in total. The van der Waals surface area contributed by atoms with Crippen molar-refractivity contribution in [3.05, 3.63) is 0 Å². The number of hydrogen-bond donors (Lipinski definition) is 1. The zero-order valence-electron chi connectivity index (χ0n) is 10.5. The third-order valence-corrected chi connectivity index (χ3v) is 3.26. The summed E-state index contributed by atoms with van der Waals surface area (Å²) >= 11 is 0. The zero-order valence-corrected chi connectivity index (χ0v) is 10.5. The SMILES string of the molecule is CC(C)CNC1(C#N)CC(C)CC(C)C1. The molecule has 1 N–H and O–H groups in total. The predicted molar refractivity (Wildman–Crippen MR) is 63.4 cm³/mol. The molecule has 0 radical (unpaired) electrons. The lowest BCUT2D eigenvalue weighted by Crippen LogP contribution is -2.50. The smallest absolute Gasteiger partial charge is 0.107 e. The topological polar surface area (TPSA) is 35.8 Å². The number of nitrogens with one attached hydrogen (secondary N) is 1. The third-order valence-electron chi connectivity index (χ3n) is 3.26. The van der Waals surface area contributed by atoms with Gasteiger partial charge in [0.25, 0.3) is 0 Å². The predicted octanol–water partition coefficient (Wildman–Crippen LogP) is 2.95. The molecule has 0 saturated heterocycles. The van der Waals surface area contributed by atoms with E-state index in [-0.39, 0.29) is 5.54 Å². The van der Waals surface area contributed by atoms with Crippen LogP contribution in [-0.4, -0.2) is 12.1 Å². The van der Waals surface area contributed by atoms with E-state index in [4.69, 9.17) is 0 Å². The van der Waals surface area contributed by atoms with Crippen LogP contribution < -0.4 is 5.32 Å². The largest absolute Gasteiger partial charge is 0.299 e. The van der Waals surface area contributed by atoms with Crippen molar-refractivity contribution >= 4 is 0 Å². The maximum Gasteiger partial charge on any atom is 0.107 e. The van der Waals surface area contributed by atoms with Crippen LogP contribution in [0, 0.1) is 29.1 Å². The van der Waals surface area contributed by atoms with Gasteiger partial charge in [0.2, 0.25) is 0 Å². The Kier molecular flexibility index (Phi) is 4.16. The van der Waals surface area contributed by atoms with Crippen molar-refractivity contribution in [3.63, 3.8) is 0 Å². The van der Waals surface area contributed by atoms with Gasteiger partial charge in [-0.1, -0.05) is 27.7 Å². The molecule has 1 rings (SSSR count). The molecule has 86 valence electrons. The summed E-state index contributed by atoms with van der Waals surface area (Å²) < 4.78 is 0. The normalized spacial score (nSPS) is 36.5. The first-order valence-corrected chi connectivity index (χ1v) is 6.13. The number of rotatable bonds is 3. The Morgan fingerprint density at radius 2 is 1.87 bits per heavy atom. The molecule has 1 saturated carbocycles. The molecular weight excluding hydrogens is 184 g/mol. The van der Waals surface area contributed by atoms with Crippen LogP contribution >= 0.6 is 0 Å². The lowest BCUT2D eigenvalue weighted by molar-refractivity contribution is 0.185. The van der Waals surface area contributed by atoms with Gasteiger partial charge < -0.3 is 0 Å². The van der Waals surface area contributed by atoms with Gasteiger partial charge in [0.1, 0.15) is 5.54 Å². The second-order valence-corrected chi connectivity index (χ2v) is 5.82. The molecule has 0 aromatic carbocycles. The molecule has 1 aliphatic rings. The molecule has 0 spiro atoms. The van der Waals surface area contributed by atoms with E-state index < -0.39 is 0 Å². The highest BCUT2D eigenvalue weighted by Gasteiger charge is 2.37. The lowest BCUT2D eigenvalue weighted by atomic mass is 9.72. The van der Waals surface area contributed by atoms with Crippen LogP contribution in [0.2, 0.25) is 0 Å². The van der Waals surface area contributed by atoms with Crippen molar-refractivity contribution in [2.45, 2.75) is 52.5 Å². The van der Waals surface area contributed by atoms with E-state index in [2.05, 4.69) is 39.1 Å². The molecule has 2 atom stereocenters. The quantitative estimate of drug-likeness (QED) is 0.774. The fraction of sp³-hybridized carbons (Fsp3) is 0.923. The number of nitrogens with zero attached hydrogens (tertiary/aromatic N) is 1. The van der Waals surface area contributed by atoms with E-state index in [1.54, 1.807) is 0 Å². The Morgan fingerprint density at radius 1 is 1.33 bits per heavy atom. The van der Waals surface area contributed by atoms with Gasteiger partial charge in [-0.15, -0.1) is 0 Å². The summed E-state index contributed by atoms with van der Waals surface area (Å²) in [5.41, 5.74) is -0.249. The van der Waals surface area contributed by atoms with Crippen LogP contribution in [0.15, 0.2) is 0 Å². The summed E-state index contributed by atoms with van der Waals surface area (Å²) in [6, 6.07) is 2.52. The Hall–Kier alpha value is -0.550. The second-order valence-electron chi connectivity index (χ2n) is 5.82. The Bertz CT molecular complexity index is 229. The van der Waals surface area contributed by atoms with E-state index in [0.717, 1.165) is 19.4 Å². The van der Waals surface area contributed by atoms with Crippen LogP contribution in [-0.2, 0) is 0 Å². The molecule has 2 heteroatoms. The van der Waals surface area contributed by atoms with Crippen molar-refractivity contribution in [2.24, 2.45) is 17.8 Å². The highest BCUT2D eigenvalue weighted by molar-refractivity contribution is 5.10. The first-order chi connectivity index (χ1) is 6.97. The van der Waals surface area contributed by atoms with Crippen LogP contribution in [0.4, 0.5) is 0 Å². The molecule has 0 amide bonds. The fourth-order valence-electron chi connectivity index (χ4n) is 2.80. The van der Waals surface area contributed by atoms with E-state index in [1.807, 2.05) is 0 Å². The molecule has 0 heterocycles. The van der Waals surface area contributed by atoms with Crippen LogP contribution in [0.5, 0.6) is 0 Å². The van der Waals surface area contributed by atoms with Crippen LogP contribution in [0.3, 0.4) is 0 Å². The zero-order chi connectivity index (χ0) is 11.5. The van der Waals surface area contributed by atoms with E-state index in [1.165, 1.54) is 6.42 Å². The van der Waals surface area contributed by atoms with Gasteiger partial charge >= 0.3 is 0 Å². The standard InChI is InChI=1S/C13H24N2/c1-10(2)8-15-13(9-14)6-11(3)5-12(4)7-13/h10-12,15H,5-8H2,1-4H3. The molecular formula is C13H24N2. The number of nitriles is 1. The maximum atomic E-state index is 9.38. The monoisotopic (exact) mass is 208 g/mol. The van der Waals surface area contributed by atoms with Gasteiger partial charge in [0.15, 0.2) is 0 Å². The average molecular weight is 208 g/mol. The van der Waals surface area contributed by atoms with Gasteiger partial charge in [0.05, 0.1) is 6.07 Å². The molecule has 0 aromatic heterocycles. The van der Waals surface area contributed by atoms with Crippen molar-refractivity contribution in [1.82, 2.24) is 5.32 Å². The second kappa shape index (κ2) is 4.99. The average Bonchev–Trinajstić information content (AvgIpc) is 2.13.